The highest BCUT2D eigenvalue weighted by Crippen LogP contribution is 2.38. The number of nitrogens with zero attached hydrogens (tertiary/aromatic N) is 1. The monoisotopic (exact) mass is 236 g/mol. The van der Waals surface area contributed by atoms with Crippen LogP contribution < -0.4 is 5.43 Å². The highest BCUT2D eigenvalue weighted by atomic mass is 16.7. The van der Waals surface area contributed by atoms with Gasteiger partial charge in [0.05, 0.1) is 16.7 Å². The molecule has 0 unspecified atom stereocenters. The Bertz CT molecular complexity index is 370. The Kier molecular flexibility index (Phi) is 2.67. The van der Waals surface area contributed by atoms with Gasteiger partial charge in [-0.3, -0.25) is 0 Å². The number of hydrogen-bond acceptors (Lipinski definition) is 4. The van der Waals surface area contributed by atoms with E-state index in [0.717, 1.165) is 5.47 Å². The number of nitrogens with one attached hydrogen (secondary N) is 1. The lowest BCUT2D eigenvalue weighted by atomic mass is 9.76. The fourth-order valence-corrected chi connectivity index (χ4v) is 1.87. The first kappa shape index (κ1) is 12.6. The highest BCUT2D eigenvalue weighted by molar-refractivity contribution is 6.60. The molecule has 4 nitrogen and oxygen atoms in total. The van der Waals surface area contributed by atoms with Crippen LogP contribution in [-0.4, -0.2) is 30.1 Å². The summed E-state index contributed by atoms with van der Waals surface area (Å²) in [5.41, 5.74) is 3.25. The molecular formula is C12H21BN2O2. The van der Waals surface area contributed by atoms with E-state index in [-0.39, 0.29) is 23.9 Å². The average Bonchev–Trinajstić information content (AvgIpc) is 2.34. The second-order valence-corrected chi connectivity index (χ2v) is 6.32. The Morgan fingerprint density at radius 2 is 1.59 bits per heavy atom. The summed E-state index contributed by atoms with van der Waals surface area (Å²) in [6, 6.07) is 0. The van der Waals surface area contributed by atoms with E-state index in [1.54, 1.807) is 6.21 Å². The van der Waals surface area contributed by atoms with Crippen LogP contribution in [0.1, 0.15) is 41.5 Å². The Morgan fingerprint density at radius 3 is 2.06 bits per heavy atom. The van der Waals surface area contributed by atoms with Crippen molar-refractivity contribution in [3.05, 3.63) is 11.5 Å². The molecule has 2 heterocycles. The fourth-order valence-electron chi connectivity index (χ4n) is 1.87. The molecule has 0 bridgehead atoms. The van der Waals surface area contributed by atoms with E-state index in [0.29, 0.717) is 0 Å². The summed E-state index contributed by atoms with van der Waals surface area (Å²) in [4.78, 5) is 0. The largest absolute Gasteiger partial charge is 0.496 e. The minimum atomic E-state index is -0.329. The van der Waals surface area contributed by atoms with Gasteiger partial charge in [0.15, 0.2) is 0 Å². The van der Waals surface area contributed by atoms with Gasteiger partial charge >= 0.3 is 7.12 Å². The first-order chi connectivity index (χ1) is 7.63. The van der Waals surface area contributed by atoms with Gasteiger partial charge in [-0.15, -0.1) is 0 Å². The molecule has 0 atom stereocenters. The summed E-state index contributed by atoms with van der Waals surface area (Å²) in [5, 5.41) is 4.15. The summed E-state index contributed by atoms with van der Waals surface area (Å²) < 4.78 is 12.0. The number of hydrogen-bond donors (Lipinski definition) is 1. The molecule has 5 heteroatoms. The normalized spacial score (nSPS) is 28.8. The molecular weight excluding hydrogens is 215 g/mol. The second kappa shape index (κ2) is 3.59. The predicted octanol–water partition coefficient (Wildman–Crippen LogP) is 1.91. The van der Waals surface area contributed by atoms with Crippen LogP contribution in [0, 0.1) is 0 Å². The van der Waals surface area contributed by atoms with E-state index in [4.69, 9.17) is 9.31 Å². The molecule has 1 N–H and O–H groups in total. The number of hydrazone groups is 1. The van der Waals surface area contributed by atoms with Crippen LogP contribution in [0.2, 0.25) is 0 Å². The minimum absolute atomic E-state index is 0.159. The Labute approximate surface area is 104 Å². The van der Waals surface area contributed by atoms with Gasteiger partial charge in [-0.2, -0.15) is 5.10 Å². The molecule has 94 valence electrons. The zero-order valence-electron chi connectivity index (χ0n) is 11.5. The van der Waals surface area contributed by atoms with E-state index in [2.05, 4.69) is 58.1 Å². The van der Waals surface area contributed by atoms with Crippen LogP contribution in [0.3, 0.4) is 0 Å². The lowest BCUT2D eigenvalue weighted by Crippen LogP contribution is -2.41. The van der Waals surface area contributed by atoms with E-state index >= 15 is 0 Å². The first-order valence-electron chi connectivity index (χ1n) is 6.02. The molecule has 0 amide bonds. The van der Waals surface area contributed by atoms with Crippen LogP contribution in [0.25, 0.3) is 0 Å². The molecule has 2 rings (SSSR count). The van der Waals surface area contributed by atoms with Gasteiger partial charge in [0, 0.05) is 11.7 Å². The standard InChI is InChI=1S/C12H21BN2O2/c1-10(2)7-9(8-14-15-10)13-16-11(3,4)12(5,6)17-13/h7-8,15H,1-6H3. The minimum Gasteiger partial charge on any atom is -0.399 e. The van der Waals surface area contributed by atoms with Crippen molar-refractivity contribution >= 4 is 13.3 Å². The molecule has 0 radical (unpaired) electrons. The van der Waals surface area contributed by atoms with Crippen LogP contribution >= 0.6 is 0 Å². The Hall–Kier alpha value is -0.805. The number of rotatable bonds is 1. The van der Waals surface area contributed by atoms with Crippen molar-refractivity contribution < 1.29 is 9.31 Å². The predicted molar refractivity (Wildman–Crippen MR) is 69.9 cm³/mol. The summed E-state index contributed by atoms with van der Waals surface area (Å²) in [5.74, 6) is 0. The Balaban J connectivity index is 2.22. The van der Waals surface area contributed by atoms with Crippen LogP contribution in [0.5, 0.6) is 0 Å². The smallest absolute Gasteiger partial charge is 0.399 e. The zero-order chi connectivity index (χ0) is 12.9. The average molecular weight is 236 g/mol. The van der Waals surface area contributed by atoms with Gasteiger partial charge in [-0.05, 0) is 41.5 Å². The third kappa shape index (κ3) is 2.26. The molecule has 0 spiro atoms. The van der Waals surface area contributed by atoms with Crippen molar-refractivity contribution in [3.63, 3.8) is 0 Å². The van der Waals surface area contributed by atoms with Gasteiger partial charge < -0.3 is 14.7 Å². The molecule has 0 saturated carbocycles. The maximum absolute atomic E-state index is 5.99. The molecule has 2 aliphatic heterocycles. The molecule has 0 aromatic carbocycles. The third-order valence-electron chi connectivity index (χ3n) is 3.62. The third-order valence-corrected chi connectivity index (χ3v) is 3.62. The quantitative estimate of drug-likeness (QED) is 0.707. The highest BCUT2D eigenvalue weighted by Gasteiger charge is 2.52. The van der Waals surface area contributed by atoms with Crippen molar-refractivity contribution in [1.82, 2.24) is 5.43 Å². The van der Waals surface area contributed by atoms with Crippen molar-refractivity contribution in [1.29, 1.82) is 0 Å². The molecule has 1 fully saturated rings. The molecule has 0 aromatic heterocycles. The topological polar surface area (TPSA) is 42.9 Å². The van der Waals surface area contributed by atoms with E-state index in [1.165, 1.54) is 0 Å². The fraction of sp³-hybridized carbons (Fsp3) is 0.750. The first-order valence-corrected chi connectivity index (χ1v) is 6.02. The molecule has 1 saturated heterocycles. The van der Waals surface area contributed by atoms with Crippen molar-refractivity contribution in [3.8, 4) is 0 Å². The second-order valence-electron chi connectivity index (χ2n) is 6.32. The summed E-state index contributed by atoms with van der Waals surface area (Å²) in [7, 11) is -0.329. The van der Waals surface area contributed by atoms with Gasteiger partial charge in [0.2, 0.25) is 0 Å². The lowest BCUT2D eigenvalue weighted by Gasteiger charge is -2.32. The molecule has 17 heavy (non-hydrogen) atoms. The summed E-state index contributed by atoms with van der Waals surface area (Å²) in [6.07, 6.45) is 3.87. The van der Waals surface area contributed by atoms with Crippen LogP contribution in [0.4, 0.5) is 0 Å². The van der Waals surface area contributed by atoms with Gasteiger partial charge in [0.25, 0.3) is 0 Å². The number of allylic oxidation sites excluding steroid dienone is 1. The van der Waals surface area contributed by atoms with E-state index in [1.807, 2.05) is 0 Å². The van der Waals surface area contributed by atoms with E-state index < -0.39 is 0 Å². The van der Waals surface area contributed by atoms with Crippen LogP contribution in [0.15, 0.2) is 16.6 Å². The maximum atomic E-state index is 5.99. The van der Waals surface area contributed by atoms with Gasteiger partial charge in [-0.25, -0.2) is 0 Å². The zero-order valence-corrected chi connectivity index (χ0v) is 11.5. The molecule has 0 aliphatic carbocycles. The lowest BCUT2D eigenvalue weighted by molar-refractivity contribution is 0.00578. The summed E-state index contributed by atoms with van der Waals surface area (Å²) >= 11 is 0. The molecule has 0 aromatic rings. The van der Waals surface area contributed by atoms with Gasteiger partial charge in [-0.1, -0.05) is 6.08 Å². The van der Waals surface area contributed by atoms with Crippen molar-refractivity contribution in [2.45, 2.75) is 58.3 Å². The SMILES string of the molecule is CC1(C)C=C(B2OC(C)(C)C(C)(C)O2)C=NN1. The Morgan fingerprint density at radius 1 is 1.06 bits per heavy atom. The van der Waals surface area contributed by atoms with Crippen LogP contribution in [-0.2, 0) is 9.31 Å². The van der Waals surface area contributed by atoms with Gasteiger partial charge in [0.1, 0.15) is 0 Å². The van der Waals surface area contributed by atoms with E-state index in [9.17, 15) is 0 Å². The van der Waals surface area contributed by atoms with Crippen molar-refractivity contribution in [2.24, 2.45) is 5.10 Å². The van der Waals surface area contributed by atoms with Crippen molar-refractivity contribution in [2.75, 3.05) is 0 Å². The summed E-state index contributed by atoms with van der Waals surface area (Å²) in [6.45, 7) is 12.3. The maximum Gasteiger partial charge on any atom is 0.496 e. The molecule has 2 aliphatic rings.